The smallest absolute Gasteiger partial charge is 0.248 e. The average molecular weight is 494 g/mol. The molecule has 2 heterocycles. The number of hydrogen-bond acceptors (Lipinski definition) is 6. The summed E-state index contributed by atoms with van der Waals surface area (Å²) in [5, 5.41) is 5.38. The number of rotatable bonds is 12. The van der Waals surface area contributed by atoms with Gasteiger partial charge >= 0.3 is 0 Å². The number of amides is 2. The van der Waals surface area contributed by atoms with Crippen LogP contribution in [0.15, 0.2) is 30.7 Å². The fourth-order valence-corrected chi connectivity index (χ4v) is 3.83. The predicted octanol–water partition coefficient (Wildman–Crippen LogP) is 1.97. The van der Waals surface area contributed by atoms with E-state index >= 15 is 0 Å². The van der Waals surface area contributed by atoms with Crippen LogP contribution in [0.1, 0.15) is 25.3 Å². The van der Waals surface area contributed by atoms with E-state index in [0.29, 0.717) is 45.0 Å². The summed E-state index contributed by atoms with van der Waals surface area (Å²) in [4.78, 5) is 31.5. The van der Waals surface area contributed by atoms with Gasteiger partial charge in [-0.15, -0.1) is 0 Å². The molecule has 9 nitrogen and oxygen atoms in total. The van der Waals surface area contributed by atoms with Crippen molar-refractivity contribution in [2.75, 3.05) is 45.3 Å². The van der Waals surface area contributed by atoms with Crippen molar-refractivity contribution < 1.29 is 27.8 Å². The molecule has 1 saturated heterocycles. The molecule has 11 heteroatoms. The number of carbonyl (C=O) groups is 2. The predicted molar refractivity (Wildman–Crippen MR) is 126 cm³/mol. The first-order valence-electron chi connectivity index (χ1n) is 11.8. The van der Waals surface area contributed by atoms with Gasteiger partial charge in [-0.1, -0.05) is 13.3 Å². The van der Waals surface area contributed by atoms with Crippen LogP contribution in [0.3, 0.4) is 0 Å². The molecule has 1 aliphatic rings. The first-order chi connectivity index (χ1) is 16.8. The van der Waals surface area contributed by atoms with E-state index in [4.69, 9.17) is 9.47 Å². The third kappa shape index (κ3) is 9.00. The lowest BCUT2D eigenvalue weighted by molar-refractivity contribution is -0.126. The van der Waals surface area contributed by atoms with E-state index in [2.05, 4.69) is 20.5 Å². The van der Waals surface area contributed by atoms with Gasteiger partial charge in [0.05, 0.1) is 38.7 Å². The normalized spacial score (nSPS) is 16.8. The zero-order valence-corrected chi connectivity index (χ0v) is 20.1. The van der Waals surface area contributed by atoms with Crippen molar-refractivity contribution in [3.63, 3.8) is 0 Å². The summed E-state index contributed by atoms with van der Waals surface area (Å²) in [6, 6.07) is 2.14. The molecule has 0 aliphatic carbocycles. The summed E-state index contributed by atoms with van der Waals surface area (Å²) in [5.41, 5.74) is 0.196. The number of likely N-dealkylation sites (N-methyl/N-ethyl adjacent to an activating group) is 1. The van der Waals surface area contributed by atoms with E-state index in [9.17, 15) is 18.4 Å². The summed E-state index contributed by atoms with van der Waals surface area (Å²) < 4.78 is 39.7. The number of halogens is 2. The van der Waals surface area contributed by atoms with Crippen molar-refractivity contribution in [2.24, 2.45) is 0 Å². The lowest BCUT2D eigenvalue weighted by atomic mass is 10.1. The van der Waals surface area contributed by atoms with Crippen molar-refractivity contribution in [2.45, 2.75) is 44.9 Å². The fraction of sp³-hybridized carbons (Fsp3) is 0.542. The largest absolute Gasteiger partial charge is 0.376 e. The molecule has 1 aromatic heterocycles. The van der Waals surface area contributed by atoms with Crippen LogP contribution in [0.2, 0.25) is 0 Å². The molecule has 2 N–H and O–H groups in total. The summed E-state index contributed by atoms with van der Waals surface area (Å²) in [5.74, 6) is -2.03. The molecule has 1 aromatic carbocycles. The number of hydrogen-bond donors (Lipinski definition) is 2. The van der Waals surface area contributed by atoms with Gasteiger partial charge in [-0.2, -0.15) is 0 Å². The van der Waals surface area contributed by atoms with Crippen LogP contribution in [0, 0.1) is 11.6 Å². The molecule has 0 radical (unpaired) electrons. The molecular formula is C24H33F2N5O4. The van der Waals surface area contributed by atoms with Crippen LogP contribution in [0.4, 0.5) is 14.6 Å². The third-order valence-electron chi connectivity index (χ3n) is 5.54. The second-order valence-electron chi connectivity index (χ2n) is 8.68. The Kier molecular flexibility index (Phi) is 10.1. The number of ether oxygens (including phenoxy) is 2. The van der Waals surface area contributed by atoms with Crippen LogP contribution >= 0.6 is 0 Å². The minimum atomic E-state index is -0.792. The second kappa shape index (κ2) is 13.3. The van der Waals surface area contributed by atoms with Crippen LogP contribution in [-0.2, 0) is 32.0 Å². The van der Waals surface area contributed by atoms with Gasteiger partial charge in [0.2, 0.25) is 11.8 Å². The molecule has 2 amide bonds. The van der Waals surface area contributed by atoms with Gasteiger partial charge in [-0.3, -0.25) is 9.59 Å². The standard InChI is InChI=1S/C24H33F2N5O4/c1-3-4-21(28-23(32)11-17-9-18(25)12-19(26)10-17)24(33)29-22-14-31(16-27-22)6-5-30(2)13-20-15-34-7-8-35-20/h9-10,12,14,16,20-21H,3-8,11,13,15H2,1-2H3,(H,28,32)(H,29,33)/t20-,21?/m0/s1. The van der Waals surface area contributed by atoms with Crippen molar-refractivity contribution in [1.82, 2.24) is 19.8 Å². The number of benzene rings is 1. The van der Waals surface area contributed by atoms with Crippen molar-refractivity contribution in [1.29, 1.82) is 0 Å². The Morgan fingerprint density at radius 2 is 2.03 bits per heavy atom. The molecule has 1 fully saturated rings. The minimum absolute atomic E-state index is 0.0667. The summed E-state index contributed by atoms with van der Waals surface area (Å²) in [6.45, 7) is 5.94. The Morgan fingerprint density at radius 1 is 1.26 bits per heavy atom. The highest BCUT2D eigenvalue weighted by atomic mass is 19.1. The first kappa shape index (κ1) is 26.7. The van der Waals surface area contributed by atoms with E-state index in [1.807, 2.05) is 18.5 Å². The fourth-order valence-electron chi connectivity index (χ4n) is 3.83. The van der Waals surface area contributed by atoms with Crippen molar-refractivity contribution in [3.8, 4) is 0 Å². The zero-order valence-electron chi connectivity index (χ0n) is 20.1. The Balaban J connectivity index is 1.47. The van der Waals surface area contributed by atoms with Gasteiger partial charge in [-0.25, -0.2) is 13.8 Å². The summed E-state index contributed by atoms with van der Waals surface area (Å²) in [7, 11) is 2.01. The van der Waals surface area contributed by atoms with E-state index < -0.39 is 29.5 Å². The van der Waals surface area contributed by atoms with Crippen molar-refractivity contribution >= 4 is 17.6 Å². The van der Waals surface area contributed by atoms with Crippen LogP contribution in [0.5, 0.6) is 0 Å². The number of nitrogens with one attached hydrogen (secondary N) is 2. The lowest BCUT2D eigenvalue weighted by Crippen LogP contribution is -2.44. The first-order valence-corrected chi connectivity index (χ1v) is 11.8. The van der Waals surface area contributed by atoms with Gasteiger partial charge in [0, 0.05) is 31.9 Å². The van der Waals surface area contributed by atoms with Crippen LogP contribution < -0.4 is 10.6 Å². The number of imidazole rings is 1. The highest BCUT2D eigenvalue weighted by Crippen LogP contribution is 2.10. The Hall–Kier alpha value is -2.89. The number of carbonyl (C=O) groups excluding carboxylic acids is 2. The van der Waals surface area contributed by atoms with E-state index in [1.54, 1.807) is 12.5 Å². The van der Waals surface area contributed by atoms with Gasteiger partial charge in [0.25, 0.3) is 0 Å². The monoisotopic (exact) mass is 493 g/mol. The molecule has 3 rings (SSSR count). The molecule has 0 bridgehead atoms. The van der Waals surface area contributed by atoms with Crippen LogP contribution in [-0.4, -0.2) is 78.4 Å². The maximum Gasteiger partial charge on any atom is 0.248 e. The molecule has 2 atom stereocenters. The van der Waals surface area contributed by atoms with Crippen LogP contribution in [0.25, 0.3) is 0 Å². The minimum Gasteiger partial charge on any atom is -0.376 e. The highest BCUT2D eigenvalue weighted by Gasteiger charge is 2.21. The number of aromatic nitrogens is 2. The Labute approximate surface area is 203 Å². The second-order valence-corrected chi connectivity index (χ2v) is 8.68. The summed E-state index contributed by atoms with van der Waals surface area (Å²) >= 11 is 0. The molecule has 35 heavy (non-hydrogen) atoms. The van der Waals surface area contributed by atoms with Gasteiger partial charge in [-0.05, 0) is 31.2 Å². The van der Waals surface area contributed by atoms with Gasteiger partial charge in [0.1, 0.15) is 17.7 Å². The Bertz CT molecular complexity index is 960. The number of anilines is 1. The van der Waals surface area contributed by atoms with Gasteiger partial charge < -0.3 is 29.6 Å². The number of nitrogens with zero attached hydrogens (tertiary/aromatic N) is 3. The van der Waals surface area contributed by atoms with Gasteiger partial charge in [0.15, 0.2) is 5.82 Å². The highest BCUT2D eigenvalue weighted by molar-refractivity contribution is 5.96. The molecule has 0 saturated carbocycles. The topological polar surface area (TPSA) is 97.7 Å². The maximum absolute atomic E-state index is 13.4. The molecule has 1 aliphatic heterocycles. The maximum atomic E-state index is 13.4. The average Bonchev–Trinajstić information content (AvgIpc) is 3.24. The quantitative estimate of drug-likeness (QED) is 0.469. The third-order valence-corrected chi connectivity index (χ3v) is 5.54. The summed E-state index contributed by atoms with van der Waals surface area (Å²) in [6.07, 6.45) is 4.26. The SMILES string of the molecule is CCCC(NC(=O)Cc1cc(F)cc(F)c1)C(=O)Nc1cn(CCN(C)C[C@H]2COCCO2)cn1. The molecule has 0 spiro atoms. The van der Waals surface area contributed by atoms with E-state index in [0.717, 1.165) is 31.3 Å². The Morgan fingerprint density at radius 3 is 2.71 bits per heavy atom. The molecule has 2 aromatic rings. The molecule has 192 valence electrons. The molecule has 1 unspecified atom stereocenters. The van der Waals surface area contributed by atoms with E-state index in [-0.39, 0.29) is 18.1 Å². The zero-order chi connectivity index (χ0) is 25.2. The molecular weight excluding hydrogens is 460 g/mol. The lowest BCUT2D eigenvalue weighted by Gasteiger charge is -2.27. The van der Waals surface area contributed by atoms with Crippen molar-refractivity contribution in [3.05, 3.63) is 47.9 Å². The van der Waals surface area contributed by atoms with E-state index in [1.165, 1.54) is 0 Å².